The van der Waals surface area contributed by atoms with Crippen molar-refractivity contribution in [3.05, 3.63) is 77.3 Å². The van der Waals surface area contributed by atoms with E-state index in [1.54, 1.807) is 16.9 Å². The number of aromatic amines is 1. The van der Waals surface area contributed by atoms with Crippen molar-refractivity contribution in [2.45, 2.75) is 13.0 Å². The van der Waals surface area contributed by atoms with Crippen LogP contribution >= 0.6 is 11.6 Å². The molecule has 2 N–H and O–H groups in total. The fraction of sp³-hybridized carbons (Fsp3) is 0.0952. The molecule has 4 heterocycles. The van der Waals surface area contributed by atoms with E-state index in [9.17, 15) is 0 Å². The van der Waals surface area contributed by atoms with E-state index in [1.807, 2.05) is 43.3 Å². The van der Waals surface area contributed by atoms with Crippen molar-refractivity contribution in [2.75, 3.05) is 5.32 Å². The molecule has 0 aliphatic carbocycles. The van der Waals surface area contributed by atoms with Crippen LogP contribution < -0.4 is 5.32 Å². The first-order valence-corrected chi connectivity index (χ1v) is 9.59. The SMILES string of the molecule is [C-]#[N+]c1c[nH]c2ncnc(N[C@@H](C)c3cc4ncc(Cl)n4nc3-c3ccccc3)c12. The Balaban J connectivity index is 1.64. The minimum atomic E-state index is -0.181. The van der Waals surface area contributed by atoms with Crippen LogP contribution in [0, 0.1) is 6.57 Å². The number of nitrogens with one attached hydrogen (secondary N) is 2. The van der Waals surface area contributed by atoms with Gasteiger partial charge in [0.05, 0.1) is 29.9 Å². The monoisotopic (exact) mass is 414 g/mol. The van der Waals surface area contributed by atoms with E-state index in [0.717, 1.165) is 16.8 Å². The van der Waals surface area contributed by atoms with E-state index in [4.69, 9.17) is 23.3 Å². The normalized spacial score (nSPS) is 12.2. The van der Waals surface area contributed by atoms with Gasteiger partial charge in [0, 0.05) is 17.3 Å². The van der Waals surface area contributed by atoms with Gasteiger partial charge >= 0.3 is 0 Å². The minimum Gasteiger partial charge on any atom is -0.364 e. The van der Waals surface area contributed by atoms with Crippen LogP contribution in [0.3, 0.4) is 0 Å². The summed E-state index contributed by atoms with van der Waals surface area (Å²) in [4.78, 5) is 19.5. The highest BCUT2D eigenvalue weighted by Crippen LogP contribution is 2.34. The number of fused-ring (bicyclic) bond motifs is 2. The molecule has 5 aromatic rings. The van der Waals surface area contributed by atoms with Crippen molar-refractivity contribution in [1.82, 2.24) is 29.5 Å². The molecule has 0 amide bonds. The van der Waals surface area contributed by atoms with Gasteiger partial charge in [0.2, 0.25) is 5.69 Å². The molecule has 0 bridgehead atoms. The van der Waals surface area contributed by atoms with Crippen molar-refractivity contribution < 1.29 is 0 Å². The van der Waals surface area contributed by atoms with Gasteiger partial charge in [-0.25, -0.2) is 24.3 Å². The van der Waals surface area contributed by atoms with Gasteiger partial charge < -0.3 is 10.3 Å². The molecule has 9 heteroatoms. The second-order valence-corrected chi connectivity index (χ2v) is 7.15. The van der Waals surface area contributed by atoms with Crippen LogP contribution in [0.2, 0.25) is 5.15 Å². The molecule has 0 spiro atoms. The van der Waals surface area contributed by atoms with Crippen molar-refractivity contribution >= 4 is 39.8 Å². The molecule has 0 saturated heterocycles. The Labute approximate surface area is 176 Å². The third-order valence-corrected chi connectivity index (χ3v) is 5.17. The lowest BCUT2D eigenvalue weighted by Gasteiger charge is -2.19. The van der Waals surface area contributed by atoms with E-state index in [-0.39, 0.29) is 6.04 Å². The van der Waals surface area contributed by atoms with Crippen LogP contribution in [0.15, 0.2) is 55.1 Å². The molecule has 5 rings (SSSR count). The standard InChI is InChI=1S/C21H15ClN8/c1-12(28-21-18-15(23-2)9-25-20(18)26-11-27-21)14-8-17-24-10-16(22)30(17)29-19(14)13-6-4-3-5-7-13/h3-12H,1H3,(H2,25,26,27,28)/t12-/m0/s1. The summed E-state index contributed by atoms with van der Waals surface area (Å²) in [5.41, 5.74) is 4.42. The van der Waals surface area contributed by atoms with Crippen LogP contribution in [-0.4, -0.2) is 29.5 Å². The van der Waals surface area contributed by atoms with Crippen molar-refractivity contribution in [3.8, 4) is 11.3 Å². The van der Waals surface area contributed by atoms with Gasteiger partial charge in [-0.15, -0.1) is 0 Å². The molecule has 0 saturated carbocycles. The highest BCUT2D eigenvalue weighted by Gasteiger charge is 2.19. The van der Waals surface area contributed by atoms with E-state index in [2.05, 4.69) is 30.1 Å². The summed E-state index contributed by atoms with van der Waals surface area (Å²) in [6.07, 6.45) is 4.68. The molecular weight excluding hydrogens is 400 g/mol. The summed E-state index contributed by atoms with van der Waals surface area (Å²) in [6, 6.07) is 11.7. The molecule has 8 nitrogen and oxygen atoms in total. The molecule has 4 aromatic heterocycles. The lowest BCUT2D eigenvalue weighted by molar-refractivity contribution is 0.843. The number of benzene rings is 1. The highest BCUT2D eigenvalue weighted by molar-refractivity contribution is 6.29. The predicted molar refractivity (Wildman–Crippen MR) is 116 cm³/mol. The molecule has 1 aromatic carbocycles. The molecular formula is C21H15ClN8. The van der Waals surface area contributed by atoms with Crippen LogP contribution in [-0.2, 0) is 0 Å². The smallest absolute Gasteiger partial charge is 0.217 e. The molecule has 146 valence electrons. The Bertz CT molecular complexity index is 1410. The molecule has 0 aliphatic rings. The van der Waals surface area contributed by atoms with Crippen LogP contribution in [0.1, 0.15) is 18.5 Å². The average molecular weight is 415 g/mol. The van der Waals surface area contributed by atoms with E-state index in [0.29, 0.717) is 33.3 Å². The fourth-order valence-corrected chi connectivity index (χ4v) is 3.65. The Morgan fingerprint density at radius 1 is 1.20 bits per heavy atom. The first kappa shape index (κ1) is 18.1. The Morgan fingerprint density at radius 3 is 2.83 bits per heavy atom. The zero-order valence-electron chi connectivity index (χ0n) is 15.8. The van der Waals surface area contributed by atoms with Gasteiger partial charge in [0.15, 0.2) is 10.8 Å². The van der Waals surface area contributed by atoms with Crippen molar-refractivity contribution in [3.63, 3.8) is 0 Å². The zero-order valence-corrected chi connectivity index (χ0v) is 16.6. The molecule has 1 atom stereocenters. The number of hydrogen-bond acceptors (Lipinski definition) is 5. The Hall–Kier alpha value is -3.96. The van der Waals surface area contributed by atoms with Crippen LogP contribution in [0.5, 0.6) is 0 Å². The van der Waals surface area contributed by atoms with Crippen LogP contribution in [0.4, 0.5) is 11.5 Å². The summed E-state index contributed by atoms with van der Waals surface area (Å²) < 4.78 is 1.62. The number of hydrogen-bond donors (Lipinski definition) is 2. The van der Waals surface area contributed by atoms with E-state index in [1.165, 1.54) is 6.33 Å². The van der Waals surface area contributed by atoms with Gasteiger partial charge in [-0.3, -0.25) is 0 Å². The molecule has 30 heavy (non-hydrogen) atoms. The minimum absolute atomic E-state index is 0.181. The maximum atomic E-state index is 7.41. The summed E-state index contributed by atoms with van der Waals surface area (Å²) in [5.74, 6) is 0.583. The summed E-state index contributed by atoms with van der Waals surface area (Å²) >= 11 is 6.25. The van der Waals surface area contributed by atoms with E-state index >= 15 is 0 Å². The number of nitrogens with zero attached hydrogens (tertiary/aromatic N) is 6. The molecule has 0 radical (unpaired) electrons. The Kier molecular flexibility index (Phi) is 4.30. The number of rotatable bonds is 4. The summed E-state index contributed by atoms with van der Waals surface area (Å²) in [7, 11) is 0. The van der Waals surface area contributed by atoms with Gasteiger partial charge in [-0.2, -0.15) is 5.10 Å². The second-order valence-electron chi connectivity index (χ2n) is 6.76. The zero-order chi connectivity index (χ0) is 20.7. The lowest BCUT2D eigenvalue weighted by atomic mass is 10.0. The van der Waals surface area contributed by atoms with Gasteiger partial charge in [0.1, 0.15) is 17.8 Å². The largest absolute Gasteiger partial charge is 0.364 e. The summed E-state index contributed by atoms with van der Waals surface area (Å²) in [5, 5.41) is 9.28. The number of aromatic nitrogens is 6. The molecule has 0 unspecified atom stereocenters. The first-order valence-electron chi connectivity index (χ1n) is 9.21. The van der Waals surface area contributed by atoms with Crippen molar-refractivity contribution in [1.29, 1.82) is 0 Å². The van der Waals surface area contributed by atoms with Gasteiger partial charge in [0.25, 0.3) is 0 Å². The van der Waals surface area contributed by atoms with Crippen molar-refractivity contribution in [2.24, 2.45) is 0 Å². The van der Waals surface area contributed by atoms with Gasteiger partial charge in [-0.1, -0.05) is 41.9 Å². The fourth-order valence-electron chi connectivity index (χ4n) is 3.48. The quantitative estimate of drug-likeness (QED) is 0.402. The molecule has 0 aliphatic heterocycles. The number of halogens is 1. The second kappa shape index (κ2) is 7.13. The lowest BCUT2D eigenvalue weighted by Crippen LogP contribution is -2.12. The molecule has 0 fully saturated rings. The third-order valence-electron chi connectivity index (χ3n) is 4.92. The topological polar surface area (TPSA) is 88.1 Å². The predicted octanol–water partition coefficient (Wildman–Crippen LogP) is 5.04. The van der Waals surface area contributed by atoms with Crippen LogP contribution in [0.25, 0.3) is 32.8 Å². The highest BCUT2D eigenvalue weighted by atomic mass is 35.5. The first-order chi connectivity index (χ1) is 14.7. The summed E-state index contributed by atoms with van der Waals surface area (Å²) in [6.45, 7) is 9.43. The number of imidazole rings is 1. The van der Waals surface area contributed by atoms with E-state index < -0.39 is 0 Å². The number of H-pyrrole nitrogens is 1. The van der Waals surface area contributed by atoms with Gasteiger partial charge in [-0.05, 0) is 13.0 Å². The Morgan fingerprint density at radius 2 is 2.03 bits per heavy atom. The number of anilines is 1. The average Bonchev–Trinajstić information content (AvgIpc) is 3.37. The third kappa shape index (κ3) is 2.93. The maximum absolute atomic E-state index is 7.41. The maximum Gasteiger partial charge on any atom is 0.217 e.